The van der Waals surface area contributed by atoms with Crippen LogP contribution in [0.2, 0.25) is 5.02 Å². The van der Waals surface area contributed by atoms with Crippen LogP contribution in [0, 0.1) is 0 Å². The number of para-hydroxylation sites is 1. The summed E-state index contributed by atoms with van der Waals surface area (Å²) in [5.41, 5.74) is 1.21. The number of carbonyl (C=O) groups is 1. The molecule has 0 saturated heterocycles. The fourth-order valence-electron chi connectivity index (χ4n) is 3.42. The van der Waals surface area contributed by atoms with Crippen molar-refractivity contribution in [3.63, 3.8) is 0 Å². The van der Waals surface area contributed by atoms with Gasteiger partial charge in [0.15, 0.2) is 0 Å². The van der Waals surface area contributed by atoms with Gasteiger partial charge in [0.1, 0.15) is 22.9 Å². The Kier molecular flexibility index (Phi) is 7.52. The van der Waals surface area contributed by atoms with E-state index in [2.05, 4.69) is 4.98 Å². The number of esters is 1. The molecule has 0 saturated carbocycles. The number of pyridine rings is 1. The summed E-state index contributed by atoms with van der Waals surface area (Å²) < 4.78 is 50.4. The summed E-state index contributed by atoms with van der Waals surface area (Å²) in [7, 11) is 1.25. The fourth-order valence-corrected chi connectivity index (χ4v) is 4.53. The number of ether oxygens (including phenoxy) is 2. The van der Waals surface area contributed by atoms with E-state index >= 15 is 0 Å². The lowest BCUT2D eigenvalue weighted by atomic mass is 10.1. The van der Waals surface area contributed by atoms with Gasteiger partial charge in [0, 0.05) is 16.2 Å². The Morgan fingerprint density at radius 2 is 1.74 bits per heavy atom. The van der Waals surface area contributed by atoms with E-state index in [1.165, 1.54) is 31.0 Å². The highest BCUT2D eigenvalue weighted by Crippen LogP contribution is 2.38. The standard InChI is InChI=1S/C26H19ClF3NO3S/c1-33-25(32)22-23(34-14-17-5-4-6-18(13-17)26(28,29)30)20-7-2-3-8-21(20)31-24(22)35-15-16-9-11-19(27)12-10-16/h2-13H,14-15H2,1H3. The molecule has 4 nitrogen and oxygen atoms in total. The number of rotatable bonds is 7. The van der Waals surface area contributed by atoms with Gasteiger partial charge in [-0.1, -0.05) is 48.0 Å². The number of hydrogen-bond acceptors (Lipinski definition) is 5. The van der Waals surface area contributed by atoms with Gasteiger partial charge in [-0.15, -0.1) is 11.8 Å². The second kappa shape index (κ2) is 10.6. The largest absolute Gasteiger partial charge is 0.487 e. The molecule has 0 aliphatic carbocycles. The lowest BCUT2D eigenvalue weighted by Gasteiger charge is -2.17. The highest BCUT2D eigenvalue weighted by atomic mass is 35.5. The first-order valence-corrected chi connectivity index (χ1v) is 11.8. The second-order valence-electron chi connectivity index (χ2n) is 7.53. The molecule has 180 valence electrons. The van der Waals surface area contributed by atoms with E-state index in [1.807, 2.05) is 12.1 Å². The summed E-state index contributed by atoms with van der Waals surface area (Å²) in [5.74, 6) is 0.0545. The zero-order valence-electron chi connectivity index (χ0n) is 18.4. The van der Waals surface area contributed by atoms with Crippen LogP contribution in [-0.2, 0) is 23.3 Å². The maximum Gasteiger partial charge on any atom is 0.416 e. The third-order valence-corrected chi connectivity index (χ3v) is 6.43. The number of methoxy groups -OCH3 is 1. The van der Waals surface area contributed by atoms with Gasteiger partial charge in [-0.25, -0.2) is 9.78 Å². The zero-order chi connectivity index (χ0) is 25.0. The Labute approximate surface area is 209 Å². The molecule has 1 heterocycles. The maximum absolute atomic E-state index is 13.1. The Balaban J connectivity index is 1.73. The number of fused-ring (bicyclic) bond motifs is 1. The summed E-state index contributed by atoms with van der Waals surface area (Å²) in [6.07, 6.45) is -4.47. The van der Waals surface area contributed by atoms with Crippen LogP contribution in [0.5, 0.6) is 5.75 Å². The van der Waals surface area contributed by atoms with E-state index in [0.717, 1.165) is 17.7 Å². The van der Waals surface area contributed by atoms with Crippen LogP contribution in [0.1, 0.15) is 27.0 Å². The first kappa shape index (κ1) is 24.9. The average molecular weight is 518 g/mol. The molecule has 0 radical (unpaired) electrons. The SMILES string of the molecule is COC(=O)c1c(SCc2ccc(Cl)cc2)nc2ccccc2c1OCc1cccc(C(F)(F)F)c1. The van der Waals surface area contributed by atoms with Crippen molar-refractivity contribution >= 4 is 40.2 Å². The monoisotopic (exact) mass is 517 g/mol. The van der Waals surface area contributed by atoms with E-state index in [1.54, 1.807) is 36.4 Å². The van der Waals surface area contributed by atoms with Gasteiger partial charge in [-0.3, -0.25) is 0 Å². The Hall–Kier alpha value is -3.23. The van der Waals surface area contributed by atoms with Crippen molar-refractivity contribution in [2.75, 3.05) is 7.11 Å². The Bertz CT molecular complexity index is 1360. The first-order valence-electron chi connectivity index (χ1n) is 10.4. The summed E-state index contributed by atoms with van der Waals surface area (Å²) in [5, 5.41) is 1.56. The highest BCUT2D eigenvalue weighted by molar-refractivity contribution is 7.98. The quantitative estimate of drug-likeness (QED) is 0.187. The number of halogens is 4. The minimum atomic E-state index is -4.47. The van der Waals surface area contributed by atoms with Crippen molar-refractivity contribution in [1.82, 2.24) is 4.98 Å². The lowest BCUT2D eigenvalue weighted by molar-refractivity contribution is -0.137. The molecule has 1 aromatic heterocycles. The van der Waals surface area contributed by atoms with E-state index in [4.69, 9.17) is 21.1 Å². The van der Waals surface area contributed by atoms with Crippen molar-refractivity contribution < 1.29 is 27.4 Å². The molecule has 0 aliphatic rings. The van der Waals surface area contributed by atoms with Gasteiger partial charge in [0.2, 0.25) is 0 Å². The lowest BCUT2D eigenvalue weighted by Crippen LogP contribution is -2.10. The topological polar surface area (TPSA) is 48.4 Å². The minimum Gasteiger partial charge on any atom is -0.487 e. The van der Waals surface area contributed by atoms with Crippen molar-refractivity contribution in [2.24, 2.45) is 0 Å². The van der Waals surface area contributed by atoms with E-state index < -0.39 is 17.7 Å². The van der Waals surface area contributed by atoms with Crippen molar-refractivity contribution in [3.8, 4) is 5.75 Å². The second-order valence-corrected chi connectivity index (χ2v) is 8.93. The fraction of sp³-hybridized carbons (Fsp3) is 0.154. The number of alkyl halides is 3. The molecule has 0 spiro atoms. The van der Waals surface area contributed by atoms with Gasteiger partial charge in [-0.2, -0.15) is 13.2 Å². The van der Waals surface area contributed by atoms with Crippen LogP contribution in [-0.4, -0.2) is 18.1 Å². The van der Waals surface area contributed by atoms with Gasteiger partial charge < -0.3 is 9.47 Å². The predicted molar refractivity (Wildman–Crippen MR) is 130 cm³/mol. The molecule has 3 aromatic carbocycles. The molecule has 4 rings (SSSR count). The molecule has 0 unspecified atom stereocenters. The molecule has 35 heavy (non-hydrogen) atoms. The van der Waals surface area contributed by atoms with Gasteiger partial charge in [0.25, 0.3) is 0 Å². The van der Waals surface area contributed by atoms with Crippen LogP contribution < -0.4 is 4.74 Å². The number of carbonyl (C=O) groups excluding carboxylic acids is 1. The average Bonchev–Trinajstić information content (AvgIpc) is 2.85. The third kappa shape index (κ3) is 5.89. The Morgan fingerprint density at radius 1 is 1.00 bits per heavy atom. The number of hydrogen-bond donors (Lipinski definition) is 0. The van der Waals surface area contributed by atoms with Crippen LogP contribution in [0.25, 0.3) is 10.9 Å². The smallest absolute Gasteiger partial charge is 0.416 e. The number of thioether (sulfide) groups is 1. The molecule has 9 heteroatoms. The number of benzene rings is 3. The maximum atomic E-state index is 13.1. The predicted octanol–water partition coefficient (Wildman–Crippen LogP) is 7.56. The molecule has 0 aliphatic heterocycles. The number of nitrogens with zero attached hydrogens (tertiary/aromatic N) is 1. The van der Waals surface area contributed by atoms with Crippen LogP contribution in [0.3, 0.4) is 0 Å². The molecule has 0 atom stereocenters. The van der Waals surface area contributed by atoms with Gasteiger partial charge >= 0.3 is 12.1 Å². The van der Waals surface area contributed by atoms with Crippen LogP contribution >= 0.6 is 23.4 Å². The number of aromatic nitrogens is 1. The van der Waals surface area contributed by atoms with E-state index in [-0.39, 0.29) is 17.9 Å². The molecular formula is C26H19ClF3NO3S. The normalized spacial score (nSPS) is 11.5. The van der Waals surface area contributed by atoms with E-state index in [0.29, 0.717) is 32.3 Å². The van der Waals surface area contributed by atoms with Crippen molar-refractivity contribution in [3.05, 3.63) is 100 Å². The molecule has 0 amide bonds. The van der Waals surface area contributed by atoms with Crippen molar-refractivity contribution in [2.45, 2.75) is 23.6 Å². The molecular weight excluding hydrogens is 499 g/mol. The molecule has 0 bridgehead atoms. The Morgan fingerprint density at radius 3 is 2.46 bits per heavy atom. The minimum absolute atomic E-state index is 0.122. The summed E-state index contributed by atoms with van der Waals surface area (Å²) in [6.45, 7) is -0.177. The molecule has 4 aromatic rings. The molecule has 0 N–H and O–H groups in total. The van der Waals surface area contributed by atoms with Gasteiger partial charge in [-0.05, 0) is 47.5 Å². The van der Waals surface area contributed by atoms with Crippen LogP contribution in [0.15, 0.2) is 77.8 Å². The van der Waals surface area contributed by atoms with Gasteiger partial charge in [0.05, 0.1) is 18.2 Å². The third-order valence-electron chi connectivity index (χ3n) is 5.13. The summed E-state index contributed by atoms with van der Waals surface area (Å²) in [4.78, 5) is 17.5. The zero-order valence-corrected chi connectivity index (χ0v) is 20.0. The van der Waals surface area contributed by atoms with Crippen LogP contribution in [0.4, 0.5) is 13.2 Å². The first-order chi connectivity index (χ1) is 16.8. The highest BCUT2D eigenvalue weighted by Gasteiger charge is 2.30. The summed E-state index contributed by atoms with van der Waals surface area (Å²) >= 11 is 7.28. The molecule has 0 fully saturated rings. The summed E-state index contributed by atoms with van der Waals surface area (Å²) in [6, 6.07) is 19.3. The van der Waals surface area contributed by atoms with Crippen molar-refractivity contribution in [1.29, 1.82) is 0 Å². The van der Waals surface area contributed by atoms with E-state index in [9.17, 15) is 18.0 Å².